The van der Waals surface area contributed by atoms with Gasteiger partial charge in [0.25, 0.3) is 0 Å². The zero-order valence-electron chi connectivity index (χ0n) is 10.7. The summed E-state index contributed by atoms with van der Waals surface area (Å²) < 4.78 is 0. The van der Waals surface area contributed by atoms with Gasteiger partial charge in [0.2, 0.25) is 0 Å². The Balaban J connectivity index is 2.54. The molecule has 0 aliphatic heterocycles. The van der Waals surface area contributed by atoms with Crippen molar-refractivity contribution in [3.63, 3.8) is 0 Å². The van der Waals surface area contributed by atoms with Gasteiger partial charge in [0.1, 0.15) is 0 Å². The third-order valence-electron chi connectivity index (χ3n) is 3.93. The molecular formula is C15H22O. The van der Waals surface area contributed by atoms with E-state index in [2.05, 4.69) is 39.0 Å². The summed E-state index contributed by atoms with van der Waals surface area (Å²) in [5, 5.41) is 10.4. The second-order valence-electron chi connectivity index (χ2n) is 5.75. The molecular weight excluding hydrogens is 196 g/mol. The molecule has 2 unspecified atom stereocenters. The van der Waals surface area contributed by atoms with E-state index in [1.807, 2.05) is 6.92 Å². The SMILES string of the molecule is Cc1ccc2c(c1)C(C(C)C)CCC2(C)O. The molecule has 0 spiro atoms. The van der Waals surface area contributed by atoms with E-state index in [1.165, 1.54) is 11.1 Å². The first-order valence-electron chi connectivity index (χ1n) is 6.25. The van der Waals surface area contributed by atoms with Crippen LogP contribution in [0.15, 0.2) is 18.2 Å². The Hall–Kier alpha value is -0.820. The summed E-state index contributed by atoms with van der Waals surface area (Å²) in [6, 6.07) is 6.48. The van der Waals surface area contributed by atoms with Crippen molar-refractivity contribution in [3.8, 4) is 0 Å². The van der Waals surface area contributed by atoms with Gasteiger partial charge in [0, 0.05) is 0 Å². The first kappa shape index (κ1) is 11.7. The van der Waals surface area contributed by atoms with E-state index in [0.29, 0.717) is 11.8 Å². The zero-order valence-corrected chi connectivity index (χ0v) is 10.7. The molecule has 1 aliphatic carbocycles. The summed E-state index contributed by atoms with van der Waals surface area (Å²) in [5.74, 6) is 1.26. The fraction of sp³-hybridized carbons (Fsp3) is 0.600. The summed E-state index contributed by atoms with van der Waals surface area (Å²) in [7, 11) is 0. The molecule has 1 nitrogen and oxygen atoms in total. The van der Waals surface area contributed by atoms with Crippen LogP contribution in [0.2, 0.25) is 0 Å². The van der Waals surface area contributed by atoms with Crippen molar-refractivity contribution in [1.29, 1.82) is 0 Å². The quantitative estimate of drug-likeness (QED) is 0.761. The lowest BCUT2D eigenvalue weighted by molar-refractivity contribution is 0.0319. The number of benzene rings is 1. The first-order chi connectivity index (χ1) is 7.42. The van der Waals surface area contributed by atoms with Crippen LogP contribution in [-0.4, -0.2) is 5.11 Å². The predicted octanol–water partition coefficient (Wildman–Crippen LogP) is 3.74. The summed E-state index contributed by atoms with van der Waals surface area (Å²) >= 11 is 0. The topological polar surface area (TPSA) is 20.2 Å². The van der Waals surface area contributed by atoms with E-state index in [1.54, 1.807) is 0 Å². The Kier molecular flexibility index (Phi) is 2.83. The molecule has 0 saturated heterocycles. The minimum Gasteiger partial charge on any atom is -0.385 e. The predicted molar refractivity (Wildman–Crippen MR) is 67.6 cm³/mol. The zero-order chi connectivity index (χ0) is 11.9. The van der Waals surface area contributed by atoms with Crippen LogP contribution in [0, 0.1) is 12.8 Å². The minimum absolute atomic E-state index is 0.607. The molecule has 1 aromatic carbocycles. The minimum atomic E-state index is -0.631. The molecule has 1 aromatic rings. The maximum absolute atomic E-state index is 10.4. The van der Waals surface area contributed by atoms with E-state index in [9.17, 15) is 5.11 Å². The number of hydrogen-bond donors (Lipinski definition) is 1. The third-order valence-corrected chi connectivity index (χ3v) is 3.93. The first-order valence-corrected chi connectivity index (χ1v) is 6.25. The van der Waals surface area contributed by atoms with E-state index in [4.69, 9.17) is 0 Å². The van der Waals surface area contributed by atoms with Crippen molar-refractivity contribution in [2.45, 2.75) is 52.1 Å². The fourth-order valence-corrected chi connectivity index (χ4v) is 2.90. The van der Waals surface area contributed by atoms with E-state index < -0.39 is 5.60 Å². The van der Waals surface area contributed by atoms with Gasteiger partial charge in [0.05, 0.1) is 5.60 Å². The molecule has 0 aromatic heterocycles. The Morgan fingerprint density at radius 2 is 2.06 bits per heavy atom. The summed E-state index contributed by atoms with van der Waals surface area (Å²) in [6.45, 7) is 8.62. The van der Waals surface area contributed by atoms with Gasteiger partial charge in [-0.05, 0) is 49.7 Å². The van der Waals surface area contributed by atoms with E-state index in [0.717, 1.165) is 18.4 Å². The summed E-state index contributed by atoms with van der Waals surface area (Å²) in [6.07, 6.45) is 1.98. The number of rotatable bonds is 1. The average molecular weight is 218 g/mol. The molecule has 0 heterocycles. The normalized spacial score (nSPS) is 29.2. The largest absolute Gasteiger partial charge is 0.385 e. The summed E-state index contributed by atoms with van der Waals surface area (Å²) in [5.41, 5.74) is 3.17. The van der Waals surface area contributed by atoms with Crippen molar-refractivity contribution >= 4 is 0 Å². The molecule has 2 rings (SSSR count). The van der Waals surface area contributed by atoms with Crippen molar-refractivity contribution in [3.05, 3.63) is 34.9 Å². The van der Waals surface area contributed by atoms with Gasteiger partial charge < -0.3 is 5.11 Å². The van der Waals surface area contributed by atoms with Crippen molar-refractivity contribution in [1.82, 2.24) is 0 Å². The molecule has 1 N–H and O–H groups in total. The second-order valence-corrected chi connectivity index (χ2v) is 5.75. The Labute approximate surface area is 98.5 Å². The molecule has 2 atom stereocenters. The molecule has 1 heteroatoms. The third kappa shape index (κ3) is 1.89. The molecule has 16 heavy (non-hydrogen) atoms. The van der Waals surface area contributed by atoms with Crippen LogP contribution >= 0.6 is 0 Å². The van der Waals surface area contributed by atoms with Crippen LogP contribution in [0.3, 0.4) is 0 Å². The number of hydrogen-bond acceptors (Lipinski definition) is 1. The standard InChI is InChI=1S/C15H22O/c1-10(2)12-7-8-15(4,16)14-6-5-11(3)9-13(12)14/h5-6,9-10,12,16H,7-8H2,1-4H3. The van der Waals surface area contributed by atoms with Crippen LogP contribution in [-0.2, 0) is 5.60 Å². The van der Waals surface area contributed by atoms with Gasteiger partial charge >= 0.3 is 0 Å². The molecule has 0 bridgehead atoms. The number of aliphatic hydroxyl groups is 1. The van der Waals surface area contributed by atoms with Crippen LogP contribution in [0.5, 0.6) is 0 Å². The smallest absolute Gasteiger partial charge is 0.0871 e. The lowest BCUT2D eigenvalue weighted by Gasteiger charge is -2.37. The van der Waals surface area contributed by atoms with E-state index in [-0.39, 0.29) is 0 Å². The second kappa shape index (κ2) is 3.89. The molecule has 0 fully saturated rings. The highest BCUT2D eigenvalue weighted by Gasteiger charge is 2.35. The maximum Gasteiger partial charge on any atom is 0.0871 e. The van der Waals surface area contributed by atoms with E-state index >= 15 is 0 Å². The Morgan fingerprint density at radius 3 is 2.69 bits per heavy atom. The van der Waals surface area contributed by atoms with Crippen molar-refractivity contribution < 1.29 is 5.11 Å². The van der Waals surface area contributed by atoms with Crippen LogP contribution in [0.1, 0.15) is 56.2 Å². The van der Waals surface area contributed by atoms with Crippen molar-refractivity contribution in [2.75, 3.05) is 0 Å². The highest BCUT2D eigenvalue weighted by atomic mass is 16.3. The van der Waals surface area contributed by atoms with Crippen molar-refractivity contribution in [2.24, 2.45) is 5.92 Å². The molecule has 88 valence electrons. The van der Waals surface area contributed by atoms with Gasteiger partial charge in [-0.1, -0.05) is 37.6 Å². The Morgan fingerprint density at radius 1 is 1.38 bits per heavy atom. The average Bonchev–Trinajstić information content (AvgIpc) is 2.16. The van der Waals surface area contributed by atoms with Gasteiger partial charge in [-0.2, -0.15) is 0 Å². The van der Waals surface area contributed by atoms with Crippen LogP contribution < -0.4 is 0 Å². The van der Waals surface area contributed by atoms with Gasteiger partial charge in [-0.25, -0.2) is 0 Å². The van der Waals surface area contributed by atoms with Crippen LogP contribution in [0.4, 0.5) is 0 Å². The molecule has 1 aliphatic rings. The van der Waals surface area contributed by atoms with Crippen LogP contribution in [0.25, 0.3) is 0 Å². The van der Waals surface area contributed by atoms with Gasteiger partial charge in [0.15, 0.2) is 0 Å². The molecule has 0 saturated carbocycles. The highest BCUT2D eigenvalue weighted by molar-refractivity contribution is 5.40. The number of aryl methyl sites for hydroxylation is 1. The maximum atomic E-state index is 10.4. The fourth-order valence-electron chi connectivity index (χ4n) is 2.90. The lowest BCUT2D eigenvalue weighted by atomic mass is 9.71. The van der Waals surface area contributed by atoms with Gasteiger partial charge in [-0.3, -0.25) is 0 Å². The Bertz CT molecular complexity index is 390. The number of fused-ring (bicyclic) bond motifs is 1. The summed E-state index contributed by atoms with van der Waals surface area (Å²) in [4.78, 5) is 0. The lowest BCUT2D eigenvalue weighted by Crippen LogP contribution is -2.30. The molecule has 0 amide bonds. The van der Waals surface area contributed by atoms with Gasteiger partial charge in [-0.15, -0.1) is 0 Å². The monoisotopic (exact) mass is 218 g/mol. The molecule has 0 radical (unpaired) electrons. The highest BCUT2D eigenvalue weighted by Crippen LogP contribution is 2.44.